The summed E-state index contributed by atoms with van der Waals surface area (Å²) < 4.78 is 26.7. The van der Waals surface area contributed by atoms with Crippen molar-refractivity contribution in [2.75, 3.05) is 32.7 Å². The fourth-order valence-electron chi connectivity index (χ4n) is 2.59. The number of sulfonamides is 1. The molecule has 1 N–H and O–H groups in total. The van der Waals surface area contributed by atoms with Crippen LogP contribution in [0, 0.1) is 0 Å². The Balaban J connectivity index is 1.91. The topological polar surface area (TPSA) is 69.7 Å². The van der Waals surface area contributed by atoms with Crippen LogP contribution in [0.4, 0.5) is 0 Å². The highest BCUT2D eigenvalue weighted by atomic mass is 35.5. The van der Waals surface area contributed by atoms with Crippen molar-refractivity contribution < 1.29 is 13.2 Å². The fraction of sp³-hybridized carbons (Fsp3) is 0.588. The van der Waals surface area contributed by atoms with Gasteiger partial charge in [-0.25, -0.2) is 8.42 Å². The van der Waals surface area contributed by atoms with E-state index >= 15 is 0 Å². The lowest BCUT2D eigenvalue weighted by Crippen LogP contribution is -2.53. The standard InChI is InChI=1S/C17H26ClN3O3S/c1-4-17(2,3)19-16(22)13-20-9-11-21(12-10-20)25(23,24)15-7-5-14(18)6-8-15/h5-8H,4,9-13H2,1-3H3,(H,19,22). The van der Waals surface area contributed by atoms with Crippen LogP contribution in [0.5, 0.6) is 0 Å². The van der Waals surface area contributed by atoms with E-state index in [1.54, 1.807) is 12.1 Å². The average molecular weight is 388 g/mol. The summed E-state index contributed by atoms with van der Waals surface area (Å²) in [6.45, 7) is 8.10. The molecule has 8 heteroatoms. The van der Waals surface area contributed by atoms with Crippen LogP contribution in [0.3, 0.4) is 0 Å². The van der Waals surface area contributed by atoms with Crippen molar-refractivity contribution in [2.45, 2.75) is 37.6 Å². The van der Waals surface area contributed by atoms with E-state index in [2.05, 4.69) is 5.32 Å². The van der Waals surface area contributed by atoms with Gasteiger partial charge in [0.25, 0.3) is 0 Å². The van der Waals surface area contributed by atoms with Gasteiger partial charge in [0, 0.05) is 36.7 Å². The summed E-state index contributed by atoms with van der Waals surface area (Å²) in [5, 5.41) is 3.51. The van der Waals surface area contributed by atoms with Gasteiger partial charge in [-0.1, -0.05) is 18.5 Å². The lowest BCUT2D eigenvalue weighted by atomic mass is 10.0. The summed E-state index contributed by atoms with van der Waals surface area (Å²) in [6, 6.07) is 6.18. The highest BCUT2D eigenvalue weighted by Gasteiger charge is 2.29. The second-order valence-corrected chi connectivity index (χ2v) is 9.29. The highest BCUT2D eigenvalue weighted by molar-refractivity contribution is 7.89. The number of hydrogen-bond donors (Lipinski definition) is 1. The number of halogens is 1. The zero-order valence-electron chi connectivity index (χ0n) is 15.0. The number of benzene rings is 1. The van der Waals surface area contributed by atoms with Gasteiger partial charge >= 0.3 is 0 Å². The maximum atomic E-state index is 12.6. The van der Waals surface area contributed by atoms with Gasteiger partial charge in [0.2, 0.25) is 15.9 Å². The minimum absolute atomic E-state index is 0.0270. The van der Waals surface area contributed by atoms with Gasteiger partial charge in [0.1, 0.15) is 0 Å². The van der Waals surface area contributed by atoms with Gasteiger partial charge in [-0.05, 0) is 44.5 Å². The smallest absolute Gasteiger partial charge is 0.243 e. The summed E-state index contributed by atoms with van der Waals surface area (Å²) in [4.78, 5) is 14.3. The number of hydrogen-bond acceptors (Lipinski definition) is 4. The Labute approximate surface area is 155 Å². The van der Waals surface area contributed by atoms with E-state index in [4.69, 9.17) is 11.6 Å². The molecule has 6 nitrogen and oxygen atoms in total. The summed E-state index contributed by atoms with van der Waals surface area (Å²) in [7, 11) is -3.52. The Morgan fingerprint density at radius 1 is 1.16 bits per heavy atom. The maximum absolute atomic E-state index is 12.6. The van der Waals surface area contributed by atoms with Crippen LogP contribution < -0.4 is 5.32 Å². The third-order valence-corrected chi connectivity index (χ3v) is 6.68. The van der Waals surface area contributed by atoms with Crippen LogP contribution in [0.15, 0.2) is 29.2 Å². The third-order valence-electron chi connectivity index (χ3n) is 4.51. The third kappa shape index (κ3) is 5.41. The highest BCUT2D eigenvalue weighted by Crippen LogP contribution is 2.19. The van der Waals surface area contributed by atoms with Crippen molar-refractivity contribution in [2.24, 2.45) is 0 Å². The van der Waals surface area contributed by atoms with Crippen molar-refractivity contribution in [3.05, 3.63) is 29.3 Å². The molecule has 1 aliphatic heterocycles. The van der Waals surface area contributed by atoms with Crippen molar-refractivity contribution in [1.82, 2.24) is 14.5 Å². The minimum Gasteiger partial charge on any atom is -0.350 e. The molecule has 0 bridgehead atoms. The second-order valence-electron chi connectivity index (χ2n) is 6.92. The van der Waals surface area contributed by atoms with Crippen LogP contribution in [0.2, 0.25) is 5.02 Å². The molecule has 140 valence electrons. The molecule has 1 aliphatic rings. The van der Waals surface area contributed by atoms with Gasteiger partial charge in [-0.2, -0.15) is 4.31 Å². The number of rotatable bonds is 6. The normalized spacial score (nSPS) is 17.4. The van der Waals surface area contributed by atoms with E-state index in [9.17, 15) is 13.2 Å². The average Bonchev–Trinajstić information content (AvgIpc) is 2.55. The molecule has 0 spiro atoms. The predicted molar refractivity (Wildman–Crippen MR) is 99.2 cm³/mol. The monoisotopic (exact) mass is 387 g/mol. The molecule has 1 fully saturated rings. The summed E-state index contributed by atoms with van der Waals surface area (Å²) >= 11 is 5.82. The van der Waals surface area contributed by atoms with E-state index < -0.39 is 10.0 Å². The van der Waals surface area contributed by atoms with Crippen molar-refractivity contribution in [3.8, 4) is 0 Å². The molecule has 1 heterocycles. The number of amides is 1. The minimum atomic E-state index is -3.52. The van der Waals surface area contributed by atoms with Gasteiger partial charge < -0.3 is 5.32 Å². The molecule has 25 heavy (non-hydrogen) atoms. The SMILES string of the molecule is CCC(C)(C)NC(=O)CN1CCN(S(=O)(=O)c2ccc(Cl)cc2)CC1. The molecule has 1 aromatic carbocycles. The summed E-state index contributed by atoms with van der Waals surface area (Å²) in [5.41, 5.74) is -0.225. The Morgan fingerprint density at radius 2 is 1.72 bits per heavy atom. The van der Waals surface area contributed by atoms with Gasteiger partial charge in [0.15, 0.2) is 0 Å². The van der Waals surface area contributed by atoms with E-state index in [0.717, 1.165) is 6.42 Å². The molecule has 0 aliphatic carbocycles. The fourth-order valence-corrected chi connectivity index (χ4v) is 4.14. The molecule has 2 rings (SSSR count). The van der Waals surface area contributed by atoms with Crippen LogP contribution >= 0.6 is 11.6 Å². The first kappa shape index (κ1) is 20.2. The van der Waals surface area contributed by atoms with Crippen molar-refractivity contribution in [1.29, 1.82) is 0 Å². The Kier molecular flexibility index (Phi) is 6.48. The van der Waals surface area contributed by atoms with Crippen LogP contribution in [0.25, 0.3) is 0 Å². The zero-order valence-corrected chi connectivity index (χ0v) is 16.5. The van der Waals surface area contributed by atoms with Crippen molar-refractivity contribution in [3.63, 3.8) is 0 Å². The lowest BCUT2D eigenvalue weighted by Gasteiger charge is -2.34. The predicted octanol–water partition coefficient (Wildman–Crippen LogP) is 1.95. The molecule has 0 aromatic heterocycles. The second kappa shape index (κ2) is 8.03. The van der Waals surface area contributed by atoms with Gasteiger partial charge in [0.05, 0.1) is 11.4 Å². The molecule has 1 amide bonds. The molecule has 0 unspecified atom stereocenters. The maximum Gasteiger partial charge on any atom is 0.243 e. The van der Waals surface area contributed by atoms with Crippen LogP contribution in [0.1, 0.15) is 27.2 Å². The molecular formula is C17H26ClN3O3S. The molecule has 0 saturated carbocycles. The first-order valence-corrected chi connectivity index (χ1v) is 10.2. The first-order valence-electron chi connectivity index (χ1n) is 8.43. The Hall–Kier alpha value is -1.15. The van der Waals surface area contributed by atoms with Gasteiger partial charge in [-0.15, -0.1) is 0 Å². The van der Waals surface area contributed by atoms with E-state index in [1.165, 1.54) is 16.4 Å². The quantitative estimate of drug-likeness (QED) is 0.810. The molecule has 0 radical (unpaired) electrons. The largest absolute Gasteiger partial charge is 0.350 e. The van der Waals surface area contributed by atoms with Crippen LogP contribution in [-0.2, 0) is 14.8 Å². The van der Waals surface area contributed by atoms with E-state index in [1.807, 2.05) is 25.7 Å². The number of nitrogens with zero attached hydrogens (tertiary/aromatic N) is 2. The van der Waals surface area contributed by atoms with E-state index in [-0.39, 0.29) is 22.9 Å². The number of nitrogens with one attached hydrogen (secondary N) is 1. The van der Waals surface area contributed by atoms with Crippen LogP contribution in [-0.4, -0.2) is 61.8 Å². The zero-order chi connectivity index (χ0) is 18.7. The number of piperazine rings is 1. The molecule has 1 saturated heterocycles. The number of carbonyl (C=O) groups excluding carboxylic acids is 1. The van der Waals surface area contributed by atoms with E-state index in [0.29, 0.717) is 31.2 Å². The molecule has 0 atom stereocenters. The first-order chi connectivity index (χ1) is 11.6. The Morgan fingerprint density at radius 3 is 2.24 bits per heavy atom. The summed E-state index contributed by atoms with van der Waals surface area (Å²) in [5.74, 6) is -0.0270. The number of carbonyl (C=O) groups is 1. The molecular weight excluding hydrogens is 362 g/mol. The summed E-state index contributed by atoms with van der Waals surface area (Å²) in [6.07, 6.45) is 0.853. The van der Waals surface area contributed by atoms with Gasteiger partial charge in [-0.3, -0.25) is 9.69 Å². The van der Waals surface area contributed by atoms with Crippen molar-refractivity contribution >= 4 is 27.5 Å². The lowest BCUT2D eigenvalue weighted by molar-refractivity contribution is -0.124. The Bertz CT molecular complexity index is 696. The molecule has 1 aromatic rings.